The maximum absolute atomic E-state index is 13.6. The molecule has 0 spiro atoms. The lowest BCUT2D eigenvalue weighted by molar-refractivity contribution is -0.127. The van der Waals surface area contributed by atoms with Crippen molar-refractivity contribution in [1.29, 1.82) is 0 Å². The second-order valence-electron chi connectivity index (χ2n) is 13.3. The molecular weight excluding hydrogens is 576 g/mol. The van der Waals surface area contributed by atoms with Crippen LogP contribution >= 0.6 is 0 Å². The molecule has 8 nitrogen and oxygen atoms in total. The van der Waals surface area contributed by atoms with Gasteiger partial charge in [-0.25, -0.2) is 8.42 Å². The standard InChI is InChI=1S/C35H50N2O6S/c1-5-15-43-29-19-28(20-30(22-29)44(4,41)42)35(40)37-32(17-24-9-7-6-8-10-24)33(38)21-27(13-11-23(2)3)34(39)36-31-18-25-12-14-26(31)16-25/h6-10,19-20,22-23,25-27,31-33,38H,5,11-18,21H2,1-4H3,(H,36,39)(H,37,40)/t25?,26?,27-,31?,32-,33+/m0/s1. The van der Waals surface area contributed by atoms with Crippen LogP contribution in [0.15, 0.2) is 53.4 Å². The van der Waals surface area contributed by atoms with Gasteiger partial charge >= 0.3 is 0 Å². The number of nitrogens with one attached hydrogen (secondary N) is 2. The molecule has 242 valence electrons. The van der Waals surface area contributed by atoms with Gasteiger partial charge in [0.05, 0.1) is 23.6 Å². The summed E-state index contributed by atoms with van der Waals surface area (Å²) < 4.78 is 30.5. The lowest BCUT2D eigenvalue weighted by atomic mass is 9.87. The number of carbonyl (C=O) groups excluding carboxylic acids is 2. The third-order valence-electron chi connectivity index (χ3n) is 9.18. The Kier molecular flexibility index (Phi) is 11.9. The van der Waals surface area contributed by atoms with Gasteiger partial charge in [0.2, 0.25) is 5.91 Å². The van der Waals surface area contributed by atoms with Gasteiger partial charge in [0, 0.05) is 23.8 Å². The first-order valence-electron chi connectivity index (χ1n) is 16.2. The number of hydrogen-bond acceptors (Lipinski definition) is 6. The van der Waals surface area contributed by atoms with E-state index in [1.165, 1.54) is 37.5 Å². The molecule has 2 aromatic carbocycles. The summed E-state index contributed by atoms with van der Waals surface area (Å²) in [5.41, 5.74) is 1.06. The Bertz CT molecular complexity index is 1360. The first-order valence-corrected chi connectivity index (χ1v) is 18.1. The highest BCUT2D eigenvalue weighted by Crippen LogP contribution is 2.44. The molecule has 2 fully saturated rings. The van der Waals surface area contributed by atoms with E-state index >= 15 is 0 Å². The number of hydrogen-bond donors (Lipinski definition) is 3. The SMILES string of the molecule is CCCOc1cc(C(=O)N[C@@H](Cc2ccccc2)[C@H](O)C[C@H](CCC(C)C)C(=O)NC2CC3CCC2C3)cc(S(C)(=O)=O)c1. The van der Waals surface area contributed by atoms with Crippen LogP contribution in [-0.4, -0.2) is 56.4 Å². The van der Waals surface area contributed by atoms with Crippen LogP contribution in [0.4, 0.5) is 0 Å². The van der Waals surface area contributed by atoms with Gasteiger partial charge in [-0.3, -0.25) is 9.59 Å². The summed E-state index contributed by atoms with van der Waals surface area (Å²) in [4.78, 5) is 27.3. The van der Waals surface area contributed by atoms with Crippen LogP contribution in [0.25, 0.3) is 0 Å². The molecule has 0 radical (unpaired) electrons. The number of sulfone groups is 1. The fraction of sp³-hybridized carbons (Fsp3) is 0.600. The molecule has 3 N–H and O–H groups in total. The number of rotatable bonds is 16. The quantitative estimate of drug-likeness (QED) is 0.232. The van der Waals surface area contributed by atoms with E-state index in [0.717, 1.165) is 31.1 Å². The number of carbonyl (C=O) groups is 2. The molecule has 2 aliphatic rings. The van der Waals surface area contributed by atoms with Gasteiger partial charge in [0.25, 0.3) is 5.91 Å². The number of aliphatic hydroxyl groups excluding tert-OH is 1. The van der Waals surface area contributed by atoms with Crippen LogP contribution < -0.4 is 15.4 Å². The highest BCUT2D eigenvalue weighted by molar-refractivity contribution is 7.90. The Morgan fingerprint density at radius 1 is 1.05 bits per heavy atom. The summed E-state index contributed by atoms with van der Waals surface area (Å²) in [5.74, 6) is 1.07. The second kappa shape index (κ2) is 15.4. The van der Waals surface area contributed by atoms with E-state index in [1.807, 2.05) is 37.3 Å². The zero-order chi connectivity index (χ0) is 31.9. The van der Waals surface area contributed by atoms with E-state index in [4.69, 9.17) is 4.74 Å². The maximum Gasteiger partial charge on any atom is 0.251 e. The summed E-state index contributed by atoms with van der Waals surface area (Å²) in [6, 6.07) is 13.4. The minimum Gasteiger partial charge on any atom is -0.494 e. The number of ether oxygens (including phenoxy) is 1. The van der Waals surface area contributed by atoms with Crippen LogP contribution in [0.1, 0.15) is 88.1 Å². The van der Waals surface area contributed by atoms with Crippen molar-refractivity contribution in [2.45, 2.75) is 102 Å². The average Bonchev–Trinajstić information content (AvgIpc) is 3.61. The smallest absolute Gasteiger partial charge is 0.251 e. The van der Waals surface area contributed by atoms with E-state index in [0.29, 0.717) is 43.0 Å². The largest absolute Gasteiger partial charge is 0.494 e. The predicted molar refractivity (Wildman–Crippen MR) is 172 cm³/mol. The third kappa shape index (κ3) is 9.54. The third-order valence-corrected chi connectivity index (χ3v) is 10.3. The fourth-order valence-electron chi connectivity index (χ4n) is 6.69. The Morgan fingerprint density at radius 3 is 2.41 bits per heavy atom. The lowest BCUT2D eigenvalue weighted by Crippen LogP contribution is -2.48. The molecule has 3 unspecified atom stereocenters. The molecule has 2 saturated carbocycles. The first kappa shape index (κ1) is 34.0. The van der Waals surface area contributed by atoms with Crippen LogP contribution in [-0.2, 0) is 21.1 Å². The topological polar surface area (TPSA) is 122 Å². The van der Waals surface area contributed by atoms with Gasteiger partial charge in [0.15, 0.2) is 9.84 Å². The molecule has 9 heteroatoms. The van der Waals surface area contributed by atoms with Gasteiger partial charge in [-0.05, 0) is 86.5 Å². The van der Waals surface area contributed by atoms with E-state index in [9.17, 15) is 23.1 Å². The Balaban J connectivity index is 1.55. The van der Waals surface area contributed by atoms with Gasteiger partial charge in [-0.15, -0.1) is 0 Å². The molecule has 2 aliphatic carbocycles. The summed E-state index contributed by atoms with van der Waals surface area (Å²) in [7, 11) is -3.61. The molecule has 2 amide bonds. The van der Waals surface area contributed by atoms with Crippen LogP contribution in [0.2, 0.25) is 0 Å². The molecule has 0 aliphatic heterocycles. The van der Waals surface area contributed by atoms with E-state index in [2.05, 4.69) is 24.5 Å². The maximum atomic E-state index is 13.6. The average molecular weight is 627 g/mol. The first-order chi connectivity index (χ1) is 20.9. The molecule has 0 heterocycles. The van der Waals surface area contributed by atoms with Crippen molar-refractivity contribution in [2.24, 2.45) is 23.7 Å². The van der Waals surface area contributed by atoms with Crippen LogP contribution in [0.3, 0.4) is 0 Å². The molecular formula is C35H50N2O6S. The highest BCUT2D eigenvalue weighted by Gasteiger charge is 2.41. The molecule has 2 aromatic rings. The summed E-state index contributed by atoms with van der Waals surface area (Å²) in [6.45, 7) is 6.58. The molecule has 0 saturated heterocycles. The number of aliphatic hydroxyl groups is 1. The van der Waals surface area contributed by atoms with Gasteiger partial charge in [0.1, 0.15) is 5.75 Å². The number of amides is 2. The number of fused-ring (bicyclic) bond motifs is 2. The molecule has 6 atom stereocenters. The minimum atomic E-state index is -3.61. The molecule has 44 heavy (non-hydrogen) atoms. The van der Waals surface area contributed by atoms with Crippen molar-refractivity contribution in [3.8, 4) is 5.75 Å². The summed E-state index contributed by atoms with van der Waals surface area (Å²) >= 11 is 0. The normalized spacial score (nSPS) is 21.5. The molecule has 2 bridgehead atoms. The monoisotopic (exact) mass is 626 g/mol. The molecule has 0 aromatic heterocycles. The molecule has 4 rings (SSSR count). The van der Waals surface area contributed by atoms with E-state index in [1.54, 1.807) is 0 Å². The van der Waals surface area contributed by atoms with Gasteiger partial charge in [-0.2, -0.15) is 0 Å². The predicted octanol–water partition coefficient (Wildman–Crippen LogP) is 5.33. The number of benzene rings is 2. The Labute approximate surface area is 263 Å². The zero-order valence-electron chi connectivity index (χ0n) is 26.6. The van der Waals surface area contributed by atoms with Crippen molar-refractivity contribution in [2.75, 3.05) is 12.9 Å². The van der Waals surface area contributed by atoms with Crippen molar-refractivity contribution in [1.82, 2.24) is 10.6 Å². The van der Waals surface area contributed by atoms with E-state index in [-0.39, 0.29) is 34.7 Å². The summed E-state index contributed by atoms with van der Waals surface area (Å²) in [5, 5.41) is 18.0. The zero-order valence-corrected chi connectivity index (χ0v) is 27.4. The van der Waals surface area contributed by atoms with Crippen molar-refractivity contribution in [3.63, 3.8) is 0 Å². The van der Waals surface area contributed by atoms with Crippen molar-refractivity contribution in [3.05, 3.63) is 59.7 Å². The Morgan fingerprint density at radius 2 is 1.80 bits per heavy atom. The Hall–Kier alpha value is -2.91. The second-order valence-corrected chi connectivity index (χ2v) is 15.4. The fourth-order valence-corrected chi connectivity index (χ4v) is 7.36. The lowest BCUT2D eigenvalue weighted by Gasteiger charge is -2.30. The highest BCUT2D eigenvalue weighted by atomic mass is 32.2. The van der Waals surface area contributed by atoms with Gasteiger partial charge < -0.3 is 20.5 Å². The van der Waals surface area contributed by atoms with E-state index < -0.39 is 27.9 Å². The van der Waals surface area contributed by atoms with Crippen LogP contribution in [0, 0.1) is 23.7 Å². The van der Waals surface area contributed by atoms with Crippen molar-refractivity contribution < 1.29 is 27.9 Å². The summed E-state index contributed by atoms with van der Waals surface area (Å²) in [6.07, 6.45) is 7.56. The van der Waals surface area contributed by atoms with Crippen LogP contribution in [0.5, 0.6) is 5.75 Å². The minimum absolute atomic E-state index is 0.00870. The van der Waals surface area contributed by atoms with Gasteiger partial charge in [-0.1, -0.05) is 63.9 Å². The van der Waals surface area contributed by atoms with Crippen molar-refractivity contribution >= 4 is 21.7 Å².